The molecule has 40 heavy (non-hydrogen) atoms. The maximum atomic E-state index is 14.2. The van der Waals surface area contributed by atoms with Gasteiger partial charge in [0.05, 0.1) is 42.5 Å². The molecule has 5 aromatic rings. The molecule has 1 aliphatic rings. The van der Waals surface area contributed by atoms with Crippen molar-refractivity contribution in [3.05, 3.63) is 125 Å². The molecular formula is C32H30FN5O2. The fraction of sp³-hybridized carbons (Fsp3) is 0.188. The first-order valence-electron chi connectivity index (χ1n) is 13.3. The van der Waals surface area contributed by atoms with Crippen LogP contribution in [0.15, 0.2) is 91.1 Å². The number of nitrogens with one attached hydrogen (secondary N) is 1. The van der Waals surface area contributed by atoms with Crippen LogP contribution in [0.5, 0.6) is 5.75 Å². The molecule has 2 amide bonds. The highest BCUT2D eigenvalue weighted by atomic mass is 19.1. The van der Waals surface area contributed by atoms with Gasteiger partial charge in [0.2, 0.25) is 0 Å². The maximum absolute atomic E-state index is 14.2. The van der Waals surface area contributed by atoms with Gasteiger partial charge in [-0.25, -0.2) is 13.9 Å². The minimum Gasteiger partial charge on any atom is -0.495 e. The third-order valence-electron chi connectivity index (χ3n) is 7.35. The molecule has 202 valence electrons. The Hall–Kier alpha value is -4.85. The highest BCUT2D eigenvalue weighted by Gasteiger charge is 2.36. The van der Waals surface area contributed by atoms with Crippen molar-refractivity contribution in [2.24, 2.45) is 0 Å². The SMILES string of the molecule is CCc1nn(-c2ccccc2)c2c1CN(C(=O)Nc1cc(C)ccc1OC)[C@H](c1ccc(F)cc1)c1cccn1-2. The fourth-order valence-electron chi connectivity index (χ4n) is 5.45. The van der Waals surface area contributed by atoms with E-state index in [1.54, 1.807) is 24.1 Å². The molecule has 7 nitrogen and oxygen atoms in total. The first-order chi connectivity index (χ1) is 19.5. The molecular weight excluding hydrogens is 505 g/mol. The number of carbonyl (C=O) groups excluding carboxylic acids is 1. The minimum absolute atomic E-state index is 0.298. The first-order valence-corrected chi connectivity index (χ1v) is 13.3. The van der Waals surface area contributed by atoms with Crippen LogP contribution in [0.4, 0.5) is 14.9 Å². The Morgan fingerprint density at radius 3 is 2.55 bits per heavy atom. The quantitative estimate of drug-likeness (QED) is 0.269. The monoisotopic (exact) mass is 535 g/mol. The number of hydrogen-bond donors (Lipinski definition) is 1. The number of urea groups is 1. The average Bonchev–Trinajstić information content (AvgIpc) is 3.55. The molecule has 3 aromatic carbocycles. The number of nitrogens with zero attached hydrogens (tertiary/aromatic N) is 4. The summed E-state index contributed by atoms with van der Waals surface area (Å²) in [5, 5.41) is 8.09. The lowest BCUT2D eigenvalue weighted by atomic mass is 10.0. The highest BCUT2D eigenvalue weighted by molar-refractivity contribution is 5.92. The number of methoxy groups -OCH3 is 1. The molecule has 0 spiro atoms. The Morgan fingerprint density at radius 2 is 1.82 bits per heavy atom. The fourth-order valence-corrected chi connectivity index (χ4v) is 5.45. The van der Waals surface area contributed by atoms with E-state index in [4.69, 9.17) is 9.84 Å². The van der Waals surface area contributed by atoms with Crippen LogP contribution in [0, 0.1) is 12.7 Å². The number of benzene rings is 3. The van der Waals surface area contributed by atoms with E-state index in [-0.39, 0.29) is 11.8 Å². The zero-order chi connectivity index (χ0) is 27.8. The molecule has 8 heteroatoms. The van der Waals surface area contributed by atoms with Crippen molar-refractivity contribution in [1.82, 2.24) is 19.2 Å². The largest absolute Gasteiger partial charge is 0.495 e. The normalized spacial score (nSPS) is 14.3. The van der Waals surface area contributed by atoms with Gasteiger partial charge in [0, 0.05) is 11.8 Å². The summed E-state index contributed by atoms with van der Waals surface area (Å²) in [5.74, 6) is 1.13. The molecule has 0 unspecified atom stereocenters. The van der Waals surface area contributed by atoms with Crippen molar-refractivity contribution >= 4 is 11.7 Å². The Labute approximate surface area is 232 Å². The number of ether oxygens (including phenoxy) is 1. The average molecular weight is 536 g/mol. The van der Waals surface area contributed by atoms with Gasteiger partial charge >= 0.3 is 6.03 Å². The lowest BCUT2D eigenvalue weighted by Crippen LogP contribution is -2.38. The molecule has 0 aliphatic carbocycles. The van der Waals surface area contributed by atoms with Crippen molar-refractivity contribution in [2.75, 3.05) is 12.4 Å². The molecule has 1 atom stereocenters. The van der Waals surface area contributed by atoms with Gasteiger partial charge < -0.3 is 19.5 Å². The number of anilines is 1. The summed E-state index contributed by atoms with van der Waals surface area (Å²) in [6.07, 6.45) is 2.69. The number of fused-ring (bicyclic) bond motifs is 3. The Morgan fingerprint density at radius 1 is 1.05 bits per heavy atom. The van der Waals surface area contributed by atoms with Crippen LogP contribution in [0.2, 0.25) is 0 Å². The molecule has 2 aromatic heterocycles. The topological polar surface area (TPSA) is 64.3 Å². The number of para-hydroxylation sites is 1. The van der Waals surface area contributed by atoms with E-state index in [9.17, 15) is 9.18 Å². The van der Waals surface area contributed by atoms with Crippen LogP contribution >= 0.6 is 0 Å². The predicted octanol–water partition coefficient (Wildman–Crippen LogP) is 6.82. The zero-order valence-corrected chi connectivity index (χ0v) is 22.6. The molecule has 0 saturated heterocycles. The van der Waals surface area contributed by atoms with Crippen LogP contribution in [0.25, 0.3) is 11.5 Å². The molecule has 6 rings (SSSR count). The van der Waals surface area contributed by atoms with Crippen LogP contribution in [0.3, 0.4) is 0 Å². The Balaban J connectivity index is 1.55. The number of aryl methyl sites for hydroxylation is 2. The number of carbonyl (C=O) groups is 1. The van der Waals surface area contributed by atoms with E-state index in [0.29, 0.717) is 24.4 Å². The van der Waals surface area contributed by atoms with Crippen molar-refractivity contribution in [3.63, 3.8) is 0 Å². The molecule has 1 aliphatic heterocycles. The van der Waals surface area contributed by atoms with Crippen LogP contribution in [0.1, 0.15) is 41.0 Å². The standard InChI is InChI=1S/C32H30FN5O2/c1-4-26-25-20-37(32(39)34-27-19-21(2)12-17-29(27)40-3)30(22-13-15-23(33)16-14-22)28-11-8-18-36(28)31(25)38(35-26)24-9-6-5-7-10-24/h5-19,30H,4,20H2,1-3H3,(H,34,39)/t30-/m1/s1. The maximum Gasteiger partial charge on any atom is 0.323 e. The smallest absolute Gasteiger partial charge is 0.323 e. The summed E-state index contributed by atoms with van der Waals surface area (Å²) in [6.45, 7) is 4.33. The van der Waals surface area contributed by atoms with E-state index >= 15 is 0 Å². The summed E-state index contributed by atoms with van der Waals surface area (Å²) in [6, 6.07) is 25.2. The minimum atomic E-state index is -0.493. The second-order valence-corrected chi connectivity index (χ2v) is 9.87. The van der Waals surface area contributed by atoms with E-state index < -0.39 is 6.04 Å². The molecule has 3 heterocycles. The van der Waals surface area contributed by atoms with Crippen molar-refractivity contribution in [2.45, 2.75) is 32.9 Å². The van der Waals surface area contributed by atoms with Crippen molar-refractivity contribution in [3.8, 4) is 17.3 Å². The van der Waals surface area contributed by atoms with Gasteiger partial charge in [-0.3, -0.25) is 0 Å². The Kier molecular flexibility index (Phi) is 6.59. The van der Waals surface area contributed by atoms with Crippen molar-refractivity contribution < 1.29 is 13.9 Å². The number of aromatic nitrogens is 3. The van der Waals surface area contributed by atoms with Crippen LogP contribution in [-0.4, -0.2) is 32.4 Å². The number of halogens is 1. The van der Waals surface area contributed by atoms with Gasteiger partial charge in [-0.05, 0) is 73.0 Å². The zero-order valence-electron chi connectivity index (χ0n) is 22.6. The van der Waals surface area contributed by atoms with E-state index in [2.05, 4.69) is 16.8 Å². The third-order valence-corrected chi connectivity index (χ3v) is 7.35. The number of rotatable bonds is 5. The summed E-state index contributed by atoms with van der Waals surface area (Å²) in [7, 11) is 1.58. The second kappa shape index (κ2) is 10.4. The molecule has 0 bridgehead atoms. The summed E-state index contributed by atoms with van der Waals surface area (Å²) in [4.78, 5) is 16.0. The molecule has 0 radical (unpaired) electrons. The lowest BCUT2D eigenvalue weighted by molar-refractivity contribution is 0.194. The van der Waals surface area contributed by atoms with Crippen LogP contribution in [-0.2, 0) is 13.0 Å². The molecule has 0 fully saturated rings. The van der Waals surface area contributed by atoms with Gasteiger partial charge in [-0.1, -0.05) is 43.3 Å². The second-order valence-electron chi connectivity index (χ2n) is 9.87. The summed E-state index contributed by atoms with van der Waals surface area (Å²) < 4.78 is 23.6. The van der Waals surface area contributed by atoms with E-state index in [1.807, 2.05) is 78.5 Å². The van der Waals surface area contributed by atoms with Gasteiger partial charge in [0.25, 0.3) is 0 Å². The first kappa shape index (κ1) is 25.4. The van der Waals surface area contributed by atoms with Crippen molar-refractivity contribution in [1.29, 1.82) is 0 Å². The van der Waals surface area contributed by atoms with Gasteiger partial charge in [0.15, 0.2) is 0 Å². The van der Waals surface area contributed by atoms with Crippen LogP contribution < -0.4 is 10.1 Å². The summed E-state index contributed by atoms with van der Waals surface area (Å²) in [5.41, 5.74) is 6.05. The highest BCUT2D eigenvalue weighted by Crippen LogP contribution is 2.39. The van der Waals surface area contributed by atoms with Gasteiger partial charge in [-0.15, -0.1) is 0 Å². The summed E-state index contributed by atoms with van der Waals surface area (Å²) >= 11 is 0. The predicted molar refractivity (Wildman–Crippen MR) is 153 cm³/mol. The number of hydrogen-bond acceptors (Lipinski definition) is 3. The van der Waals surface area contributed by atoms with Gasteiger partial charge in [0.1, 0.15) is 17.4 Å². The third kappa shape index (κ3) is 4.41. The van der Waals surface area contributed by atoms with E-state index in [1.165, 1.54) is 12.1 Å². The Bertz CT molecular complexity index is 1670. The molecule has 0 saturated carbocycles. The lowest BCUT2D eigenvalue weighted by Gasteiger charge is -2.31. The molecule has 1 N–H and O–H groups in total. The number of amides is 2. The van der Waals surface area contributed by atoms with E-state index in [0.717, 1.165) is 39.6 Å². The van der Waals surface area contributed by atoms with Gasteiger partial charge in [-0.2, -0.15) is 5.10 Å².